The number of nitrogens with zero attached hydrogens (tertiary/aromatic N) is 2. The van der Waals surface area contributed by atoms with Gasteiger partial charge in [0.2, 0.25) is 10.0 Å². The minimum absolute atomic E-state index is 0.216. The maximum atomic E-state index is 12.5. The molecule has 8 nitrogen and oxygen atoms in total. The Morgan fingerprint density at radius 2 is 1.74 bits per heavy atom. The Morgan fingerprint density at radius 1 is 1.07 bits per heavy atom. The van der Waals surface area contributed by atoms with Gasteiger partial charge in [-0.1, -0.05) is 12.1 Å². The predicted octanol–water partition coefficient (Wildman–Crippen LogP) is 1.48. The molecule has 2 fully saturated rings. The summed E-state index contributed by atoms with van der Waals surface area (Å²) in [5.74, 6) is -1.39. The molecule has 2 amide bonds. The van der Waals surface area contributed by atoms with E-state index in [1.165, 1.54) is 9.21 Å². The summed E-state index contributed by atoms with van der Waals surface area (Å²) in [4.78, 5) is 25.1. The van der Waals surface area contributed by atoms with Crippen molar-refractivity contribution in [3.05, 3.63) is 29.8 Å². The van der Waals surface area contributed by atoms with Gasteiger partial charge in [0.05, 0.1) is 10.8 Å². The number of carbonyl (C=O) groups excluding carboxylic acids is 1. The van der Waals surface area contributed by atoms with E-state index in [2.05, 4.69) is 5.32 Å². The second-order valence-corrected chi connectivity index (χ2v) is 8.98. The lowest BCUT2D eigenvalue weighted by molar-refractivity contribution is -0.143. The molecule has 2 heterocycles. The Kier molecular flexibility index (Phi) is 6.01. The standard InChI is InChI=1S/C18H25N3O5S/c22-17(23)15-4-3-9-20(13-15)18(24)19-12-14-5-7-16(8-6-14)27(25,26)21-10-1-2-11-21/h5-8,15H,1-4,9-13H2,(H,19,24)(H,22,23). The highest BCUT2D eigenvalue weighted by Gasteiger charge is 2.28. The molecule has 2 N–H and O–H groups in total. The molecule has 0 spiro atoms. The van der Waals surface area contributed by atoms with Crippen molar-refractivity contribution in [3.8, 4) is 0 Å². The molecular weight excluding hydrogens is 370 g/mol. The van der Waals surface area contributed by atoms with Gasteiger partial charge in [-0.15, -0.1) is 0 Å². The van der Waals surface area contributed by atoms with Crippen LogP contribution in [-0.4, -0.2) is 60.9 Å². The third-order valence-electron chi connectivity index (χ3n) is 5.13. The van der Waals surface area contributed by atoms with E-state index in [0.29, 0.717) is 32.5 Å². The SMILES string of the molecule is O=C(O)C1CCCN(C(=O)NCc2ccc(S(=O)(=O)N3CCCC3)cc2)C1. The van der Waals surface area contributed by atoms with Crippen molar-refractivity contribution in [2.24, 2.45) is 5.92 Å². The van der Waals surface area contributed by atoms with Crippen molar-refractivity contribution < 1.29 is 23.1 Å². The second-order valence-electron chi connectivity index (χ2n) is 7.04. The van der Waals surface area contributed by atoms with E-state index < -0.39 is 21.9 Å². The summed E-state index contributed by atoms with van der Waals surface area (Å²) in [6.07, 6.45) is 3.05. The monoisotopic (exact) mass is 395 g/mol. The average molecular weight is 395 g/mol. The average Bonchev–Trinajstić information content (AvgIpc) is 3.22. The Bertz CT molecular complexity index is 788. The van der Waals surface area contributed by atoms with Crippen LogP contribution in [0.5, 0.6) is 0 Å². The summed E-state index contributed by atoms with van der Waals surface area (Å²) in [6.45, 7) is 2.15. The molecule has 2 aliphatic heterocycles. The van der Waals surface area contributed by atoms with E-state index in [1.807, 2.05) is 0 Å². The Balaban J connectivity index is 1.55. The first kappa shape index (κ1) is 19.6. The second kappa shape index (κ2) is 8.26. The number of hydrogen-bond acceptors (Lipinski definition) is 4. The van der Waals surface area contributed by atoms with Crippen molar-refractivity contribution in [2.45, 2.75) is 37.1 Å². The summed E-state index contributed by atoms with van der Waals surface area (Å²) >= 11 is 0. The number of hydrogen-bond donors (Lipinski definition) is 2. The lowest BCUT2D eigenvalue weighted by atomic mass is 9.99. The summed E-state index contributed by atoms with van der Waals surface area (Å²) in [6, 6.07) is 6.22. The lowest BCUT2D eigenvalue weighted by Gasteiger charge is -2.30. The third-order valence-corrected chi connectivity index (χ3v) is 7.04. The van der Waals surface area contributed by atoms with Crippen molar-refractivity contribution in [2.75, 3.05) is 26.2 Å². The summed E-state index contributed by atoms with van der Waals surface area (Å²) in [5, 5.41) is 11.9. The zero-order valence-corrected chi connectivity index (χ0v) is 16.0. The Hall–Kier alpha value is -2.13. The van der Waals surface area contributed by atoms with E-state index in [9.17, 15) is 18.0 Å². The molecule has 0 aliphatic carbocycles. The number of benzene rings is 1. The molecule has 0 saturated carbocycles. The first-order chi connectivity index (χ1) is 12.9. The number of carboxylic acids is 1. The molecule has 9 heteroatoms. The first-order valence-corrected chi connectivity index (χ1v) is 10.7. The van der Waals surface area contributed by atoms with E-state index in [0.717, 1.165) is 18.4 Å². The normalized spacial score (nSPS) is 21.2. The Morgan fingerprint density at radius 3 is 2.37 bits per heavy atom. The van der Waals surface area contributed by atoms with Crippen LogP contribution in [-0.2, 0) is 21.4 Å². The van der Waals surface area contributed by atoms with Crippen LogP contribution in [0.3, 0.4) is 0 Å². The molecule has 1 aromatic carbocycles. The van der Waals surface area contributed by atoms with Crippen molar-refractivity contribution >= 4 is 22.0 Å². The number of nitrogens with one attached hydrogen (secondary N) is 1. The largest absolute Gasteiger partial charge is 0.481 e. The molecule has 0 radical (unpaired) electrons. The van der Waals surface area contributed by atoms with Crippen LogP contribution in [0.25, 0.3) is 0 Å². The van der Waals surface area contributed by atoms with Gasteiger partial charge in [0, 0.05) is 32.7 Å². The summed E-state index contributed by atoms with van der Waals surface area (Å²) in [5.41, 5.74) is 0.788. The molecule has 1 unspecified atom stereocenters. The zero-order chi connectivity index (χ0) is 19.4. The van der Waals surface area contributed by atoms with Gasteiger partial charge in [0.1, 0.15) is 0 Å². The summed E-state index contributed by atoms with van der Waals surface area (Å²) < 4.78 is 26.5. The van der Waals surface area contributed by atoms with E-state index >= 15 is 0 Å². The molecule has 27 heavy (non-hydrogen) atoms. The number of piperidine rings is 1. The predicted molar refractivity (Wildman–Crippen MR) is 98.6 cm³/mol. The fourth-order valence-electron chi connectivity index (χ4n) is 3.51. The number of likely N-dealkylation sites (tertiary alicyclic amines) is 1. The maximum Gasteiger partial charge on any atom is 0.317 e. The molecule has 148 valence electrons. The molecule has 0 bridgehead atoms. The van der Waals surface area contributed by atoms with Gasteiger partial charge in [0.15, 0.2) is 0 Å². The first-order valence-electron chi connectivity index (χ1n) is 9.22. The van der Waals surface area contributed by atoms with Gasteiger partial charge in [0.25, 0.3) is 0 Å². The number of carbonyl (C=O) groups is 2. The van der Waals surface area contributed by atoms with Crippen LogP contribution in [0.15, 0.2) is 29.2 Å². The fraction of sp³-hybridized carbons (Fsp3) is 0.556. The maximum absolute atomic E-state index is 12.5. The molecular formula is C18H25N3O5S. The van der Waals surface area contributed by atoms with Gasteiger partial charge in [-0.05, 0) is 43.4 Å². The number of amides is 2. The topological polar surface area (TPSA) is 107 Å². The van der Waals surface area contributed by atoms with Gasteiger partial charge >= 0.3 is 12.0 Å². The van der Waals surface area contributed by atoms with Crippen LogP contribution in [0.1, 0.15) is 31.2 Å². The van der Waals surface area contributed by atoms with Crippen LogP contribution < -0.4 is 5.32 Å². The smallest absolute Gasteiger partial charge is 0.317 e. The van der Waals surface area contributed by atoms with Gasteiger partial charge in [-0.2, -0.15) is 4.31 Å². The number of carboxylic acid groups (broad SMARTS) is 1. The Labute approximate surface area is 159 Å². The van der Waals surface area contributed by atoms with Crippen molar-refractivity contribution in [1.82, 2.24) is 14.5 Å². The minimum atomic E-state index is -3.44. The lowest BCUT2D eigenvalue weighted by Crippen LogP contribution is -2.46. The number of aliphatic carboxylic acids is 1. The zero-order valence-electron chi connectivity index (χ0n) is 15.1. The minimum Gasteiger partial charge on any atom is -0.481 e. The van der Waals surface area contributed by atoms with Crippen LogP contribution in [0.2, 0.25) is 0 Å². The number of rotatable bonds is 5. The summed E-state index contributed by atoms with van der Waals surface area (Å²) in [7, 11) is -3.44. The van der Waals surface area contributed by atoms with E-state index in [-0.39, 0.29) is 24.0 Å². The highest BCUT2D eigenvalue weighted by atomic mass is 32.2. The van der Waals surface area contributed by atoms with Crippen LogP contribution in [0.4, 0.5) is 4.79 Å². The number of urea groups is 1. The fourth-order valence-corrected chi connectivity index (χ4v) is 5.03. The molecule has 3 rings (SSSR count). The number of sulfonamides is 1. The van der Waals surface area contributed by atoms with Gasteiger partial charge in [-0.3, -0.25) is 4.79 Å². The van der Waals surface area contributed by atoms with Gasteiger partial charge < -0.3 is 15.3 Å². The van der Waals surface area contributed by atoms with Crippen molar-refractivity contribution in [1.29, 1.82) is 0 Å². The van der Waals surface area contributed by atoms with E-state index in [1.54, 1.807) is 24.3 Å². The molecule has 2 saturated heterocycles. The van der Waals surface area contributed by atoms with E-state index in [4.69, 9.17) is 5.11 Å². The molecule has 0 aromatic heterocycles. The highest BCUT2D eigenvalue weighted by Crippen LogP contribution is 2.21. The van der Waals surface area contributed by atoms with Gasteiger partial charge in [-0.25, -0.2) is 13.2 Å². The van der Waals surface area contributed by atoms with Crippen LogP contribution >= 0.6 is 0 Å². The third kappa shape index (κ3) is 4.59. The quantitative estimate of drug-likeness (QED) is 0.785. The highest BCUT2D eigenvalue weighted by molar-refractivity contribution is 7.89. The van der Waals surface area contributed by atoms with Crippen molar-refractivity contribution in [3.63, 3.8) is 0 Å². The molecule has 2 aliphatic rings. The molecule has 1 aromatic rings. The molecule has 1 atom stereocenters. The van der Waals surface area contributed by atoms with Crippen LogP contribution in [0, 0.1) is 5.92 Å².